The molecule has 1 aliphatic rings. The van der Waals surface area contributed by atoms with Gasteiger partial charge in [-0.1, -0.05) is 49.4 Å². The number of phenols is 1. The summed E-state index contributed by atoms with van der Waals surface area (Å²) in [6.07, 6.45) is 6.66. The molecular weight excluding hydrogens is 293 g/mol. The summed E-state index contributed by atoms with van der Waals surface area (Å²) in [6.45, 7) is 3.90. The molecule has 20 heavy (non-hydrogen) atoms. The Labute approximate surface area is 131 Å². The van der Waals surface area contributed by atoms with Crippen LogP contribution in [-0.2, 0) is 6.54 Å². The monoisotopic (exact) mass is 315 g/mol. The second-order valence-electron chi connectivity index (χ2n) is 5.82. The summed E-state index contributed by atoms with van der Waals surface area (Å²) in [7, 11) is 0. The number of rotatable bonds is 5. The van der Waals surface area contributed by atoms with Gasteiger partial charge in [0, 0.05) is 17.1 Å². The van der Waals surface area contributed by atoms with Crippen LogP contribution < -0.4 is 5.32 Å². The summed E-state index contributed by atoms with van der Waals surface area (Å²) in [5.41, 5.74) is 0.768. The molecule has 0 saturated heterocycles. The molecular formula is C16H23Cl2NO. The van der Waals surface area contributed by atoms with E-state index in [-0.39, 0.29) is 5.75 Å². The van der Waals surface area contributed by atoms with Gasteiger partial charge >= 0.3 is 0 Å². The molecule has 2 rings (SSSR count). The van der Waals surface area contributed by atoms with Crippen LogP contribution in [0, 0.1) is 11.8 Å². The van der Waals surface area contributed by atoms with Gasteiger partial charge in [-0.2, -0.15) is 0 Å². The SMILES string of the molecule is CCC1CCC(CNCc2cc(Cl)cc(Cl)c2O)CC1. The van der Waals surface area contributed by atoms with Gasteiger partial charge in [-0.15, -0.1) is 0 Å². The molecule has 0 aliphatic heterocycles. The molecule has 0 spiro atoms. The third kappa shape index (κ3) is 4.28. The Morgan fingerprint density at radius 3 is 2.45 bits per heavy atom. The number of nitrogens with one attached hydrogen (secondary N) is 1. The lowest BCUT2D eigenvalue weighted by Gasteiger charge is -2.28. The van der Waals surface area contributed by atoms with Crippen molar-refractivity contribution in [1.29, 1.82) is 0 Å². The summed E-state index contributed by atoms with van der Waals surface area (Å²) in [4.78, 5) is 0. The second kappa shape index (κ2) is 7.53. The fraction of sp³-hybridized carbons (Fsp3) is 0.625. The Balaban J connectivity index is 1.79. The van der Waals surface area contributed by atoms with Crippen LogP contribution in [0.2, 0.25) is 10.0 Å². The number of aromatic hydroxyl groups is 1. The number of phenolic OH excluding ortho intramolecular Hbond substituents is 1. The normalized spacial score (nSPS) is 22.9. The van der Waals surface area contributed by atoms with Crippen LogP contribution in [0.5, 0.6) is 5.75 Å². The van der Waals surface area contributed by atoms with Crippen molar-refractivity contribution in [3.63, 3.8) is 0 Å². The van der Waals surface area contributed by atoms with Gasteiger partial charge in [0.1, 0.15) is 5.75 Å². The van der Waals surface area contributed by atoms with E-state index in [1.165, 1.54) is 32.1 Å². The van der Waals surface area contributed by atoms with Gasteiger partial charge in [0.25, 0.3) is 0 Å². The quantitative estimate of drug-likeness (QED) is 0.801. The van der Waals surface area contributed by atoms with Crippen LogP contribution in [0.25, 0.3) is 0 Å². The highest BCUT2D eigenvalue weighted by molar-refractivity contribution is 6.35. The molecule has 2 N–H and O–H groups in total. The smallest absolute Gasteiger partial charge is 0.138 e. The van der Waals surface area contributed by atoms with Crippen LogP contribution in [0.4, 0.5) is 0 Å². The van der Waals surface area contributed by atoms with E-state index in [1.807, 2.05) is 0 Å². The molecule has 0 heterocycles. The summed E-state index contributed by atoms with van der Waals surface area (Å²) in [5.74, 6) is 1.83. The molecule has 1 aromatic rings. The van der Waals surface area contributed by atoms with Crippen molar-refractivity contribution < 1.29 is 5.11 Å². The third-order valence-electron chi connectivity index (χ3n) is 4.40. The lowest BCUT2D eigenvalue weighted by Crippen LogP contribution is -2.26. The molecule has 1 aliphatic carbocycles. The minimum absolute atomic E-state index is 0.137. The first kappa shape index (κ1) is 15.9. The topological polar surface area (TPSA) is 32.3 Å². The number of halogens is 2. The standard InChI is InChI=1S/C16H23Cl2NO/c1-2-11-3-5-12(6-4-11)9-19-10-13-7-14(17)8-15(18)16(13)20/h7-8,11-12,19-20H,2-6,9-10H2,1H3. The fourth-order valence-corrected chi connectivity index (χ4v) is 3.54. The minimum Gasteiger partial charge on any atom is -0.506 e. The van der Waals surface area contributed by atoms with E-state index in [0.717, 1.165) is 23.9 Å². The van der Waals surface area contributed by atoms with Crippen LogP contribution in [0.15, 0.2) is 12.1 Å². The molecule has 0 bridgehead atoms. The zero-order valence-corrected chi connectivity index (χ0v) is 13.5. The molecule has 0 amide bonds. The highest BCUT2D eigenvalue weighted by Crippen LogP contribution is 2.32. The van der Waals surface area contributed by atoms with Crippen LogP contribution in [0.1, 0.15) is 44.6 Å². The van der Waals surface area contributed by atoms with E-state index in [0.29, 0.717) is 16.6 Å². The molecule has 1 aromatic carbocycles. The fourth-order valence-electron chi connectivity index (χ4n) is 3.01. The van der Waals surface area contributed by atoms with Crippen LogP contribution in [0.3, 0.4) is 0 Å². The van der Waals surface area contributed by atoms with E-state index in [1.54, 1.807) is 12.1 Å². The second-order valence-corrected chi connectivity index (χ2v) is 6.66. The van der Waals surface area contributed by atoms with Gasteiger partial charge < -0.3 is 10.4 Å². The first-order chi connectivity index (χ1) is 9.60. The summed E-state index contributed by atoms with van der Waals surface area (Å²) in [5, 5.41) is 14.2. The molecule has 2 nitrogen and oxygen atoms in total. The Kier molecular flexibility index (Phi) is 6.01. The molecule has 0 aromatic heterocycles. The van der Waals surface area contributed by atoms with E-state index < -0.39 is 0 Å². The van der Waals surface area contributed by atoms with Gasteiger partial charge in [0.05, 0.1) is 5.02 Å². The summed E-state index contributed by atoms with van der Waals surface area (Å²) in [6, 6.07) is 3.33. The number of hydrogen-bond donors (Lipinski definition) is 2. The summed E-state index contributed by atoms with van der Waals surface area (Å²) < 4.78 is 0. The first-order valence-electron chi connectivity index (χ1n) is 7.47. The maximum absolute atomic E-state index is 9.90. The van der Waals surface area contributed by atoms with E-state index >= 15 is 0 Å². The molecule has 0 unspecified atom stereocenters. The van der Waals surface area contributed by atoms with Gasteiger partial charge in [-0.25, -0.2) is 0 Å². The zero-order chi connectivity index (χ0) is 14.5. The third-order valence-corrected chi connectivity index (χ3v) is 4.91. The Morgan fingerprint density at radius 1 is 1.15 bits per heavy atom. The molecule has 1 fully saturated rings. The zero-order valence-electron chi connectivity index (χ0n) is 12.0. The maximum atomic E-state index is 9.90. The van der Waals surface area contributed by atoms with Crippen LogP contribution >= 0.6 is 23.2 Å². The lowest BCUT2D eigenvalue weighted by molar-refractivity contribution is 0.262. The Hall–Kier alpha value is -0.440. The van der Waals surface area contributed by atoms with E-state index in [9.17, 15) is 5.11 Å². The molecule has 4 heteroatoms. The van der Waals surface area contributed by atoms with Gasteiger partial charge in [0.2, 0.25) is 0 Å². The van der Waals surface area contributed by atoms with Crippen molar-refractivity contribution in [1.82, 2.24) is 5.32 Å². The van der Waals surface area contributed by atoms with Gasteiger partial charge in [-0.3, -0.25) is 0 Å². The average molecular weight is 316 g/mol. The predicted octanol–water partition coefficient (Wildman–Crippen LogP) is 5.01. The largest absolute Gasteiger partial charge is 0.506 e. The summed E-state index contributed by atoms with van der Waals surface area (Å²) >= 11 is 11.9. The van der Waals surface area contributed by atoms with E-state index in [4.69, 9.17) is 23.2 Å². The highest BCUT2D eigenvalue weighted by Gasteiger charge is 2.19. The lowest BCUT2D eigenvalue weighted by atomic mass is 9.81. The molecule has 112 valence electrons. The Morgan fingerprint density at radius 2 is 1.80 bits per heavy atom. The van der Waals surface area contributed by atoms with Gasteiger partial charge in [0.15, 0.2) is 0 Å². The molecule has 0 radical (unpaired) electrons. The van der Waals surface area contributed by atoms with Crippen molar-refractivity contribution in [2.45, 2.75) is 45.6 Å². The van der Waals surface area contributed by atoms with Crippen molar-refractivity contribution >= 4 is 23.2 Å². The van der Waals surface area contributed by atoms with Crippen molar-refractivity contribution in [3.05, 3.63) is 27.7 Å². The average Bonchev–Trinajstić information content (AvgIpc) is 2.44. The van der Waals surface area contributed by atoms with E-state index in [2.05, 4.69) is 12.2 Å². The van der Waals surface area contributed by atoms with Crippen molar-refractivity contribution in [2.24, 2.45) is 11.8 Å². The Bertz CT molecular complexity index is 442. The maximum Gasteiger partial charge on any atom is 0.138 e. The first-order valence-corrected chi connectivity index (χ1v) is 8.23. The number of hydrogen-bond acceptors (Lipinski definition) is 2. The minimum atomic E-state index is 0.137. The van der Waals surface area contributed by atoms with Crippen molar-refractivity contribution in [2.75, 3.05) is 6.54 Å². The predicted molar refractivity (Wildman–Crippen MR) is 85.6 cm³/mol. The highest BCUT2D eigenvalue weighted by atomic mass is 35.5. The number of benzene rings is 1. The van der Waals surface area contributed by atoms with Gasteiger partial charge in [-0.05, 0) is 43.4 Å². The molecule has 1 saturated carbocycles. The van der Waals surface area contributed by atoms with Crippen molar-refractivity contribution in [3.8, 4) is 5.75 Å². The van der Waals surface area contributed by atoms with Crippen LogP contribution in [-0.4, -0.2) is 11.7 Å². The molecule has 0 atom stereocenters.